The highest BCUT2D eigenvalue weighted by Crippen LogP contribution is 2.40. The van der Waals surface area contributed by atoms with Crippen molar-refractivity contribution in [3.05, 3.63) is 95.7 Å². The van der Waals surface area contributed by atoms with Gasteiger partial charge in [0.05, 0.1) is 23.0 Å². The quantitative estimate of drug-likeness (QED) is 0.184. The third-order valence-electron chi connectivity index (χ3n) is 5.28. The number of hydrogen-bond acceptors (Lipinski definition) is 6. The van der Waals surface area contributed by atoms with Gasteiger partial charge in [0.2, 0.25) is 0 Å². The molecule has 11 heteroatoms. The summed E-state index contributed by atoms with van der Waals surface area (Å²) in [4.78, 5) is 39.1. The Morgan fingerprint density at radius 1 is 1.03 bits per heavy atom. The van der Waals surface area contributed by atoms with Crippen molar-refractivity contribution in [2.45, 2.75) is 6.61 Å². The van der Waals surface area contributed by atoms with Crippen LogP contribution in [0.1, 0.15) is 21.5 Å². The second-order valence-electron chi connectivity index (χ2n) is 7.76. The maximum Gasteiger partial charge on any atom is 0.293 e. The number of imide groups is 1. The highest BCUT2D eigenvalue weighted by atomic mass is 79.9. The summed E-state index contributed by atoms with van der Waals surface area (Å²) in [6.45, 7) is -0.193. The number of ether oxygens (including phenoxy) is 2. The standard InChI is InChI=1S/C26H17BrCl3NO5S/c1-35-22-9-14(8-19(27)24(22)36-13-16-4-7-18(29)11-20(16)30)10-23-25(33)31(26(34)37-23)12-21(32)15-2-5-17(28)6-3-15/h2-11H,12-13H2,1H3/b23-10+. The van der Waals surface area contributed by atoms with Gasteiger partial charge < -0.3 is 9.47 Å². The first-order valence-electron chi connectivity index (χ1n) is 10.6. The Labute approximate surface area is 240 Å². The summed E-state index contributed by atoms with van der Waals surface area (Å²) in [7, 11) is 1.49. The minimum atomic E-state index is -0.551. The number of amides is 2. The number of rotatable bonds is 8. The van der Waals surface area contributed by atoms with E-state index in [4.69, 9.17) is 44.3 Å². The molecule has 0 spiro atoms. The number of hydrogen-bond donors (Lipinski definition) is 0. The van der Waals surface area contributed by atoms with Crippen molar-refractivity contribution in [3.63, 3.8) is 0 Å². The van der Waals surface area contributed by atoms with Gasteiger partial charge in [-0.2, -0.15) is 0 Å². The third-order valence-corrected chi connectivity index (χ3v) is 7.61. The average Bonchev–Trinajstić information content (AvgIpc) is 3.11. The van der Waals surface area contributed by atoms with Crippen LogP contribution in [0.4, 0.5) is 4.79 Å². The van der Waals surface area contributed by atoms with Crippen LogP contribution in [0, 0.1) is 0 Å². The lowest BCUT2D eigenvalue weighted by Gasteiger charge is -2.14. The van der Waals surface area contributed by atoms with E-state index in [2.05, 4.69) is 15.9 Å². The fourth-order valence-corrected chi connectivity index (χ4v) is 5.41. The molecule has 3 aromatic carbocycles. The van der Waals surface area contributed by atoms with Gasteiger partial charge in [0.1, 0.15) is 6.61 Å². The number of thioether (sulfide) groups is 1. The third kappa shape index (κ3) is 6.51. The van der Waals surface area contributed by atoms with E-state index in [1.54, 1.807) is 60.7 Å². The summed E-state index contributed by atoms with van der Waals surface area (Å²) < 4.78 is 12.0. The molecule has 1 aliphatic heterocycles. The minimum Gasteiger partial charge on any atom is -0.493 e. The van der Waals surface area contributed by atoms with Gasteiger partial charge in [-0.25, -0.2) is 0 Å². The largest absolute Gasteiger partial charge is 0.493 e. The average molecular weight is 642 g/mol. The van der Waals surface area contributed by atoms with Crippen molar-refractivity contribution in [1.82, 2.24) is 4.90 Å². The first kappa shape index (κ1) is 27.5. The number of halogens is 4. The molecule has 0 bridgehead atoms. The van der Waals surface area contributed by atoms with Crippen molar-refractivity contribution in [3.8, 4) is 11.5 Å². The Morgan fingerprint density at radius 2 is 1.73 bits per heavy atom. The lowest BCUT2D eigenvalue weighted by atomic mass is 10.1. The zero-order chi connectivity index (χ0) is 26.7. The van der Waals surface area contributed by atoms with Crippen LogP contribution in [0.3, 0.4) is 0 Å². The van der Waals surface area contributed by atoms with E-state index in [0.29, 0.717) is 42.2 Å². The van der Waals surface area contributed by atoms with E-state index in [1.165, 1.54) is 7.11 Å². The van der Waals surface area contributed by atoms with Gasteiger partial charge in [0.15, 0.2) is 17.3 Å². The van der Waals surface area contributed by atoms with Gasteiger partial charge in [-0.05, 0) is 87.9 Å². The number of carbonyl (C=O) groups excluding carboxylic acids is 3. The Hall–Kier alpha value is -2.49. The van der Waals surface area contributed by atoms with Crippen molar-refractivity contribution in [1.29, 1.82) is 0 Å². The van der Waals surface area contributed by atoms with Gasteiger partial charge in [-0.3, -0.25) is 19.3 Å². The van der Waals surface area contributed by atoms with Gasteiger partial charge in [-0.1, -0.05) is 40.9 Å². The number of carbonyl (C=O) groups is 3. The highest BCUT2D eigenvalue weighted by Gasteiger charge is 2.36. The first-order chi connectivity index (χ1) is 17.7. The second kappa shape index (κ2) is 11.9. The summed E-state index contributed by atoms with van der Waals surface area (Å²) in [6, 6.07) is 14.8. The first-order valence-corrected chi connectivity index (χ1v) is 13.4. The predicted molar refractivity (Wildman–Crippen MR) is 150 cm³/mol. The van der Waals surface area contributed by atoms with Crippen molar-refractivity contribution >= 4 is 85.5 Å². The molecule has 0 aliphatic carbocycles. The minimum absolute atomic E-state index is 0.171. The van der Waals surface area contributed by atoms with E-state index in [-0.39, 0.29) is 23.8 Å². The molecule has 0 saturated carbocycles. The van der Waals surface area contributed by atoms with Crippen molar-refractivity contribution < 1.29 is 23.9 Å². The van der Waals surface area contributed by atoms with Gasteiger partial charge in [-0.15, -0.1) is 0 Å². The van der Waals surface area contributed by atoms with Crippen LogP contribution in [-0.4, -0.2) is 35.5 Å². The summed E-state index contributed by atoms with van der Waals surface area (Å²) in [6.07, 6.45) is 1.56. The molecule has 0 unspecified atom stereocenters. The molecular weight excluding hydrogens is 625 g/mol. The summed E-state index contributed by atoms with van der Waals surface area (Å²) in [5.74, 6) is -0.0766. The molecule has 4 rings (SSSR count). The van der Waals surface area contributed by atoms with Gasteiger partial charge in [0.25, 0.3) is 11.1 Å². The normalized spacial score (nSPS) is 14.4. The maximum absolute atomic E-state index is 12.9. The zero-order valence-corrected chi connectivity index (χ0v) is 23.8. The van der Waals surface area contributed by atoms with Gasteiger partial charge >= 0.3 is 0 Å². The van der Waals surface area contributed by atoms with Crippen molar-refractivity contribution in [2.75, 3.05) is 13.7 Å². The Balaban J connectivity index is 1.51. The Kier molecular flexibility index (Phi) is 8.87. The van der Waals surface area contributed by atoms with E-state index in [1.807, 2.05) is 0 Å². The molecule has 0 atom stereocenters. The number of nitrogens with zero attached hydrogens (tertiary/aromatic N) is 1. The molecule has 2 amide bonds. The molecule has 6 nitrogen and oxygen atoms in total. The zero-order valence-electron chi connectivity index (χ0n) is 19.1. The van der Waals surface area contributed by atoms with Crippen LogP contribution in [-0.2, 0) is 11.4 Å². The summed E-state index contributed by atoms with van der Waals surface area (Å²) in [5.41, 5.74) is 1.69. The van der Waals surface area contributed by atoms with Crippen LogP contribution < -0.4 is 9.47 Å². The molecule has 1 heterocycles. The number of benzene rings is 3. The molecule has 3 aromatic rings. The van der Waals surface area contributed by atoms with Crippen LogP contribution in [0.15, 0.2) is 64.0 Å². The molecule has 1 saturated heterocycles. The van der Waals surface area contributed by atoms with E-state index in [0.717, 1.165) is 22.2 Å². The molecule has 1 fully saturated rings. The predicted octanol–water partition coefficient (Wildman–Crippen LogP) is 7.92. The molecule has 37 heavy (non-hydrogen) atoms. The number of ketones is 1. The Morgan fingerprint density at radius 3 is 2.41 bits per heavy atom. The van der Waals surface area contributed by atoms with E-state index in [9.17, 15) is 14.4 Å². The maximum atomic E-state index is 12.9. The molecule has 0 radical (unpaired) electrons. The fraction of sp³-hybridized carbons (Fsp3) is 0.115. The molecule has 0 N–H and O–H groups in total. The summed E-state index contributed by atoms with van der Waals surface area (Å²) >= 11 is 22.3. The van der Waals surface area contributed by atoms with Crippen LogP contribution in [0.2, 0.25) is 15.1 Å². The molecule has 190 valence electrons. The number of methoxy groups -OCH3 is 1. The van der Waals surface area contributed by atoms with Crippen molar-refractivity contribution in [2.24, 2.45) is 0 Å². The SMILES string of the molecule is COc1cc(/C=C2/SC(=O)N(CC(=O)c3ccc(Cl)cc3)C2=O)cc(Br)c1OCc1ccc(Cl)cc1Cl. The van der Waals surface area contributed by atoms with Crippen LogP contribution in [0.5, 0.6) is 11.5 Å². The van der Waals surface area contributed by atoms with E-state index < -0.39 is 11.1 Å². The summed E-state index contributed by atoms with van der Waals surface area (Å²) in [5, 5.41) is 0.960. The van der Waals surface area contributed by atoms with Crippen LogP contribution >= 0.6 is 62.5 Å². The lowest BCUT2D eigenvalue weighted by molar-refractivity contribution is -0.122. The topological polar surface area (TPSA) is 72.9 Å². The highest BCUT2D eigenvalue weighted by molar-refractivity contribution is 9.10. The monoisotopic (exact) mass is 639 g/mol. The molecule has 0 aromatic heterocycles. The Bertz CT molecular complexity index is 1430. The number of Topliss-reactive ketones (excluding diaryl/α,β-unsaturated/α-hetero) is 1. The van der Waals surface area contributed by atoms with Crippen LogP contribution in [0.25, 0.3) is 6.08 Å². The molecular formula is C26H17BrCl3NO5S. The smallest absolute Gasteiger partial charge is 0.293 e. The fourth-order valence-electron chi connectivity index (χ4n) is 3.41. The second-order valence-corrected chi connectivity index (χ2v) is 10.9. The molecule has 1 aliphatic rings. The lowest BCUT2D eigenvalue weighted by Crippen LogP contribution is -2.33. The van der Waals surface area contributed by atoms with Gasteiger partial charge in [0, 0.05) is 26.2 Å². The van der Waals surface area contributed by atoms with E-state index >= 15 is 0 Å².